The zero-order valence-electron chi connectivity index (χ0n) is 18.0. The van der Waals surface area contributed by atoms with E-state index in [2.05, 4.69) is 15.8 Å². The van der Waals surface area contributed by atoms with Crippen LogP contribution >= 0.6 is 22.9 Å². The van der Waals surface area contributed by atoms with Gasteiger partial charge in [-0.25, -0.2) is 5.43 Å². The monoisotopic (exact) mass is 493 g/mol. The van der Waals surface area contributed by atoms with Crippen molar-refractivity contribution < 1.29 is 19.4 Å². The van der Waals surface area contributed by atoms with Gasteiger partial charge in [-0.2, -0.15) is 5.10 Å². The van der Waals surface area contributed by atoms with E-state index in [0.717, 1.165) is 15.6 Å². The molecule has 3 aromatic carbocycles. The van der Waals surface area contributed by atoms with Crippen LogP contribution in [0.4, 0.5) is 5.69 Å². The highest BCUT2D eigenvalue weighted by molar-refractivity contribution is 7.17. The Balaban J connectivity index is 1.40. The molecule has 0 aliphatic heterocycles. The van der Waals surface area contributed by atoms with Crippen molar-refractivity contribution in [1.29, 1.82) is 0 Å². The number of thiophene rings is 1. The van der Waals surface area contributed by atoms with Gasteiger partial charge in [-0.3, -0.25) is 9.59 Å². The fraction of sp³-hybridized carbons (Fsp3) is 0.0800. The summed E-state index contributed by atoms with van der Waals surface area (Å²) >= 11 is 7.45. The molecule has 7 nitrogen and oxygen atoms in total. The molecule has 4 aromatic rings. The van der Waals surface area contributed by atoms with Crippen molar-refractivity contribution in [3.63, 3.8) is 0 Å². The first-order chi connectivity index (χ1) is 16.4. The molecular weight excluding hydrogens is 474 g/mol. The van der Waals surface area contributed by atoms with Gasteiger partial charge in [0.2, 0.25) is 5.91 Å². The Morgan fingerprint density at radius 2 is 1.97 bits per heavy atom. The zero-order valence-corrected chi connectivity index (χ0v) is 19.6. The van der Waals surface area contributed by atoms with E-state index in [1.165, 1.54) is 31.5 Å². The summed E-state index contributed by atoms with van der Waals surface area (Å²) in [6.07, 6.45) is 1.70. The highest BCUT2D eigenvalue weighted by Crippen LogP contribution is 2.27. The molecule has 0 saturated carbocycles. The average Bonchev–Trinajstić information content (AvgIpc) is 3.24. The molecule has 4 rings (SSSR count). The van der Waals surface area contributed by atoms with Crippen LogP contribution in [-0.4, -0.2) is 30.2 Å². The normalized spacial score (nSPS) is 11.0. The van der Waals surface area contributed by atoms with E-state index >= 15 is 0 Å². The molecule has 0 spiro atoms. The van der Waals surface area contributed by atoms with Crippen molar-refractivity contribution in [2.75, 3.05) is 12.4 Å². The van der Waals surface area contributed by atoms with Crippen LogP contribution in [0.2, 0.25) is 5.02 Å². The summed E-state index contributed by atoms with van der Waals surface area (Å²) in [7, 11) is 1.51. The number of ether oxygens (including phenoxy) is 1. The summed E-state index contributed by atoms with van der Waals surface area (Å²) in [5.41, 5.74) is 4.83. The number of aromatic hydroxyl groups is 1. The molecule has 34 heavy (non-hydrogen) atoms. The van der Waals surface area contributed by atoms with Gasteiger partial charge in [0.05, 0.1) is 24.8 Å². The van der Waals surface area contributed by atoms with Crippen LogP contribution in [-0.2, 0) is 11.2 Å². The Bertz CT molecular complexity index is 1400. The van der Waals surface area contributed by atoms with Crippen molar-refractivity contribution >= 4 is 56.7 Å². The van der Waals surface area contributed by atoms with E-state index in [0.29, 0.717) is 17.0 Å². The second-order valence-electron chi connectivity index (χ2n) is 7.30. The number of phenolic OH excluding ortho intramolecular Hbond substituents is 1. The molecule has 0 radical (unpaired) electrons. The first-order valence-corrected chi connectivity index (χ1v) is 11.5. The van der Waals surface area contributed by atoms with Crippen LogP contribution in [0.15, 0.2) is 71.1 Å². The van der Waals surface area contributed by atoms with Gasteiger partial charge in [0, 0.05) is 27.6 Å². The minimum atomic E-state index is -0.484. The molecule has 0 aliphatic carbocycles. The number of nitrogens with zero attached hydrogens (tertiary/aromatic N) is 1. The summed E-state index contributed by atoms with van der Waals surface area (Å²) in [5, 5.41) is 19.5. The number of rotatable bonds is 7. The van der Waals surface area contributed by atoms with Gasteiger partial charge in [-0.05, 0) is 52.7 Å². The van der Waals surface area contributed by atoms with Crippen molar-refractivity contribution in [1.82, 2.24) is 5.43 Å². The van der Waals surface area contributed by atoms with Crippen LogP contribution in [0.1, 0.15) is 21.5 Å². The smallest absolute Gasteiger partial charge is 0.271 e. The third kappa shape index (κ3) is 5.36. The second-order valence-corrected chi connectivity index (χ2v) is 8.62. The van der Waals surface area contributed by atoms with Crippen molar-refractivity contribution in [3.8, 4) is 11.5 Å². The zero-order chi connectivity index (χ0) is 24.1. The minimum Gasteiger partial charge on any atom is -0.506 e. The van der Waals surface area contributed by atoms with Gasteiger partial charge in [-0.1, -0.05) is 29.8 Å². The van der Waals surface area contributed by atoms with Crippen LogP contribution in [0, 0.1) is 0 Å². The fourth-order valence-electron chi connectivity index (χ4n) is 3.32. The maximum Gasteiger partial charge on any atom is 0.271 e. The number of carbonyl (C=O) groups excluding carboxylic acids is 2. The number of benzene rings is 3. The number of methoxy groups -OCH3 is 1. The quantitative estimate of drug-likeness (QED) is 0.243. The maximum absolute atomic E-state index is 12.6. The van der Waals surface area contributed by atoms with E-state index in [1.807, 2.05) is 29.6 Å². The lowest BCUT2D eigenvalue weighted by Gasteiger charge is -2.09. The van der Waals surface area contributed by atoms with Gasteiger partial charge < -0.3 is 15.2 Å². The topological polar surface area (TPSA) is 100 Å². The molecule has 172 valence electrons. The number of fused-ring (bicyclic) bond motifs is 1. The Morgan fingerprint density at radius 3 is 2.76 bits per heavy atom. The number of hydrogen-bond donors (Lipinski definition) is 3. The molecule has 0 saturated heterocycles. The lowest BCUT2D eigenvalue weighted by Crippen LogP contribution is -2.17. The molecule has 1 heterocycles. The fourth-order valence-corrected chi connectivity index (χ4v) is 4.46. The molecule has 9 heteroatoms. The standard InChI is InChI=1S/C25H20ClN3O4S/c1-33-22-12-18(28-24(31)11-17-14-34-23-5-3-2-4-19(17)23)8-6-16(22)13-27-29-25(32)15-7-9-21(30)20(26)10-15/h2-10,12-14,30H,11H2,1H3,(H,28,31)(H,29,32)/b27-13+. The summed E-state index contributed by atoms with van der Waals surface area (Å²) in [6, 6.07) is 17.2. The second kappa shape index (κ2) is 10.4. The molecule has 0 unspecified atom stereocenters. The molecule has 2 amide bonds. The Labute approximate surface area is 204 Å². The van der Waals surface area contributed by atoms with Gasteiger partial charge in [0.25, 0.3) is 5.91 Å². The number of anilines is 1. The van der Waals surface area contributed by atoms with Crippen LogP contribution in [0.25, 0.3) is 10.1 Å². The number of nitrogens with one attached hydrogen (secondary N) is 2. The highest BCUT2D eigenvalue weighted by atomic mass is 35.5. The van der Waals surface area contributed by atoms with E-state index < -0.39 is 5.91 Å². The molecular formula is C25H20ClN3O4S. The number of hydrazone groups is 1. The van der Waals surface area contributed by atoms with Gasteiger partial charge >= 0.3 is 0 Å². The van der Waals surface area contributed by atoms with Crippen LogP contribution < -0.4 is 15.5 Å². The number of hydrogen-bond acceptors (Lipinski definition) is 6. The summed E-state index contributed by atoms with van der Waals surface area (Å²) in [4.78, 5) is 24.8. The van der Waals surface area contributed by atoms with Gasteiger partial charge in [-0.15, -0.1) is 11.3 Å². The third-order valence-electron chi connectivity index (χ3n) is 5.01. The van der Waals surface area contributed by atoms with Crippen molar-refractivity contribution in [3.05, 3.63) is 87.8 Å². The molecule has 3 N–H and O–H groups in total. The maximum atomic E-state index is 12.6. The molecule has 0 bridgehead atoms. The molecule has 0 fully saturated rings. The molecule has 1 aromatic heterocycles. The number of carbonyl (C=O) groups is 2. The lowest BCUT2D eigenvalue weighted by atomic mass is 10.1. The lowest BCUT2D eigenvalue weighted by molar-refractivity contribution is -0.115. The van der Waals surface area contributed by atoms with Gasteiger partial charge in [0.1, 0.15) is 11.5 Å². The minimum absolute atomic E-state index is 0.0723. The predicted molar refractivity (Wildman–Crippen MR) is 135 cm³/mol. The molecule has 0 aliphatic rings. The van der Waals surface area contributed by atoms with E-state index in [4.69, 9.17) is 16.3 Å². The first kappa shape index (κ1) is 23.3. The summed E-state index contributed by atoms with van der Waals surface area (Å²) in [6.45, 7) is 0. The Morgan fingerprint density at radius 1 is 1.15 bits per heavy atom. The Hall–Kier alpha value is -3.88. The van der Waals surface area contributed by atoms with Crippen molar-refractivity contribution in [2.45, 2.75) is 6.42 Å². The van der Waals surface area contributed by atoms with E-state index in [-0.39, 0.29) is 28.7 Å². The highest BCUT2D eigenvalue weighted by Gasteiger charge is 2.11. The SMILES string of the molecule is COc1cc(NC(=O)Cc2csc3ccccc23)ccc1/C=N/NC(=O)c1ccc(O)c(Cl)c1. The van der Waals surface area contributed by atoms with E-state index in [9.17, 15) is 14.7 Å². The average molecular weight is 494 g/mol. The largest absolute Gasteiger partial charge is 0.506 e. The van der Waals surface area contributed by atoms with E-state index in [1.54, 1.807) is 29.5 Å². The van der Waals surface area contributed by atoms with Crippen LogP contribution in [0.5, 0.6) is 11.5 Å². The number of amides is 2. The van der Waals surface area contributed by atoms with Gasteiger partial charge in [0.15, 0.2) is 0 Å². The number of phenols is 1. The molecule has 0 atom stereocenters. The van der Waals surface area contributed by atoms with Crippen molar-refractivity contribution in [2.24, 2.45) is 5.10 Å². The third-order valence-corrected chi connectivity index (χ3v) is 6.32. The first-order valence-electron chi connectivity index (χ1n) is 10.2. The predicted octanol–water partition coefficient (Wildman–Crippen LogP) is 5.21. The van der Waals surface area contributed by atoms with Crippen LogP contribution in [0.3, 0.4) is 0 Å². The summed E-state index contributed by atoms with van der Waals surface area (Å²) < 4.78 is 6.55. The summed E-state index contributed by atoms with van der Waals surface area (Å²) in [5.74, 6) is -0.249. The number of halogens is 1. The Kier molecular flexibility index (Phi) is 7.10.